The fraction of sp³-hybridized carbons (Fsp3) is 0.318. The Kier molecular flexibility index (Phi) is 6.65. The molecule has 3 heteroatoms. The number of carbonyl (C=O) groups excluding carboxylic acids is 1. The number of benzene rings is 2. The highest BCUT2D eigenvalue weighted by Gasteiger charge is 2.15. The highest BCUT2D eigenvalue weighted by molar-refractivity contribution is 5.67. The molecule has 0 aliphatic carbocycles. The zero-order chi connectivity index (χ0) is 18.1. The van der Waals surface area contributed by atoms with Crippen LogP contribution in [0.2, 0.25) is 0 Å². The average Bonchev–Trinajstić information content (AvgIpc) is 2.57. The van der Waals surface area contributed by atoms with Crippen molar-refractivity contribution in [1.82, 2.24) is 5.32 Å². The van der Waals surface area contributed by atoms with E-state index in [-0.39, 0.29) is 6.09 Å². The quantitative estimate of drug-likeness (QED) is 0.658. The van der Waals surface area contributed by atoms with Gasteiger partial charge >= 0.3 is 6.09 Å². The number of aryl methyl sites for hydroxylation is 1. The summed E-state index contributed by atoms with van der Waals surface area (Å²) in [7, 11) is 0. The Morgan fingerprint density at radius 1 is 1.00 bits per heavy atom. The number of amides is 1. The predicted octanol–water partition coefficient (Wildman–Crippen LogP) is 4.54. The van der Waals surface area contributed by atoms with Crippen molar-refractivity contribution in [2.75, 3.05) is 6.54 Å². The second-order valence-electron chi connectivity index (χ2n) is 6.85. The lowest BCUT2D eigenvalue weighted by atomic mass is 10.1. The molecule has 0 bridgehead atoms. The first kappa shape index (κ1) is 18.6. The number of alkyl carbamates (subject to hydrolysis) is 1. The standard InChI is InChI=1S/C22H25NO2/c1-22(2,3)25-21(24)23-16-8-13-19-11-7-12-20(17-19)15-14-18-9-5-4-6-10-18/h4-7,9-12,17H,8,13,16H2,1-3H3,(H,23,24). The number of hydrogen-bond donors (Lipinski definition) is 1. The zero-order valence-corrected chi connectivity index (χ0v) is 15.1. The fourth-order valence-electron chi connectivity index (χ4n) is 2.27. The molecular weight excluding hydrogens is 310 g/mol. The summed E-state index contributed by atoms with van der Waals surface area (Å²) in [6.07, 6.45) is 1.38. The lowest BCUT2D eigenvalue weighted by Crippen LogP contribution is -2.33. The summed E-state index contributed by atoms with van der Waals surface area (Å²) in [5.74, 6) is 6.36. The zero-order valence-electron chi connectivity index (χ0n) is 15.1. The first-order chi connectivity index (χ1) is 11.9. The minimum Gasteiger partial charge on any atom is -0.444 e. The van der Waals surface area contributed by atoms with Crippen LogP contribution in [0.1, 0.15) is 43.9 Å². The molecule has 0 radical (unpaired) electrons. The van der Waals surface area contributed by atoms with Crippen LogP contribution >= 0.6 is 0 Å². The van der Waals surface area contributed by atoms with Crippen molar-refractivity contribution in [3.8, 4) is 11.8 Å². The number of rotatable bonds is 4. The van der Waals surface area contributed by atoms with Crippen LogP contribution in [0.25, 0.3) is 0 Å². The topological polar surface area (TPSA) is 38.3 Å². The minimum absolute atomic E-state index is 0.366. The summed E-state index contributed by atoms with van der Waals surface area (Å²) in [4.78, 5) is 11.6. The molecule has 2 aromatic rings. The Labute approximate surface area is 150 Å². The molecule has 2 rings (SSSR count). The van der Waals surface area contributed by atoms with E-state index in [2.05, 4.69) is 29.3 Å². The maximum atomic E-state index is 11.6. The molecule has 0 unspecified atom stereocenters. The maximum absolute atomic E-state index is 11.6. The van der Waals surface area contributed by atoms with Crippen LogP contribution < -0.4 is 5.32 Å². The number of carbonyl (C=O) groups is 1. The molecule has 3 nitrogen and oxygen atoms in total. The van der Waals surface area contributed by atoms with Gasteiger partial charge in [0.05, 0.1) is 0 Å². The Morgan fingerprint density at radius 3 is 2.40 bits per heavy atom. The van der Waals surface area contributed by atoms with E-state index in [1.807, 2.05) is 63.2 Å². The van der Waals surface area contributed by atoms with Gasteiger partial charge in [-0.25, -0.2) is 4.79 Å². The van der Waals surface area contributed by atoms with Gasteiger partial charge in [0.15, 0.2) is 0 Å². The van der Waals surface area contributed by atoms with Gasteiger partial charge in [0, 0.05) is 17.7 Å². The summed E-state index contributed by atoms with van der Waals surface area (Å²) in [5, 5.41) is 2.78. The highest BCUT2D eigenvalue weighted by atomic mass is 16.6. The predicted molar refractivity (Wildman–Crippen MR) is 101 cm³/mol. The molecule has 0 aliphatic rings. The van der Waals surface area contributed by atoms with E-state index < -0.39 is 5.60 Å². The van der Waals surface area contributed by atoms with Crippen LogP contribution in [-0.4, -0.2) is 18.2 Å². The summed E-state index contributed by atoms with van der Waals surface area (Å²) >= 11 is 0. The molecule has 130 valence electrons. The minimum atomic E-state index is -0.462. The second kappa shape index (κ2) is 8.94. The molecule has 0 aliphatic heterocycles. The van der Waals surface area contributed by atoms with Gasteiger partial charge in [-0.1, -0.05) is 42.2 Å². The van der Waals surface area contributed by atoms with Crippen molar-refractivity contribution in [1.29, 1.82) is 0 Å². The number of nitrogens with one attached hydrogen (secondary N) is 1. The molecule has 0 fully saturated rings. The lowest BCUT2D eigenvalue weighted by molar-refractivity contribution is 0.0527. The Morgan fingerprint density at radius 2 is 1.68 bits per heavy atom. The Balaban J connectivity index is 1.82. The third-order valence-electron chi connectivity index (χ3n) is 3.36. The summed E-state index contributed by atoms with van der Waals surface area (Å²) < 4.78 is 5.21. The van der Waals surface area contributed by atoms with Crippen molar-refractivity contribution < 1.29 is 9.53 Å². The molecule has 25 heavy (non-hydrogen) atoms. The van der Waals surface area contributed by atoms with Crippen molar-refractivity contribution in [2.24, 2.45) is 0 Å². The molecule has 0 saturated carbocycles. The van der Waals surface area contributed by atoms with E-state index in [9.17, 15) is 4.79 Å². The molecule has 1 N–H and O–H groups in total. The summed E-state index contributed by atoms with van der Waals surface area (Å²) in [6.45, 7) is 6.16. The summed E-state index contributed by atoms with van der Waals surface area (Å²) in [6, 6.07) is 18.2. The van der Waals surface area contributed by atoms with Gasteiger partial charge < -0.3 is 10.1 Å². The third-order valence-corrected chi connectivity index (χ3v) is 3.36. The third kappa shape index (κ3) is 7.58. The number of ether oxygens (including phenoxy) is 1. The van der Waals surface area contributed by atoms with Crippen LogP contribution in [0, 0.1) is 11.8 Å². The van der Waals surface area contributed by atoms with Crippen LogP contribution in [0.4, 0.5) is 4.79 Å². The van der Waals surface area contributed by atoms with Crippen LogP contribution in [0.3, 0.4) is 0 Å². The van der Waals surface area contributed by atoms with E-state index in [4.69, 9.17) is 4.74 Å². The number of hydrogen-bond acceptors (Lipinski definition) is 2. The van der Waals surface area contributed by atoms with Crippen LogP contribution in [-0.2, 0) is 11.2 Å². The van der Waals surface area contributed by atoms with Crippen molar-refractivity contribution in [2.45, 2.75) is 39.2 Å². The highest BCUT2D eigenvalue weighted by Crippen LogP contribution is 2.08. The molecule has 1 amide bonds. The Bertz CT molecular complexity index is 749. The van der Waals surface area contributed by atoms with E-state index in [1.165, 1.54) is 5.56 Å². The van der Waals surface area contributed by atoms with Gasteiger partial charge in [0.2, 0.25) is 0 Å². The van der Waals surface area contributed by atoms with E-state index in [0.717, 1.165) is 24.0 Å². The van der Waals surface area contributed by atoms with Crippen molar-refractivity contribution in [3.05, 3.63) is 71.3 Å². The van der Waals surface area contributed by atoms with Crippen LogP contribution in [0.5, 0.6) is 0 Å². The average molecular weight is 335 g/mol. The second-order valence-corrected chi connectivity index (χ2v) is 6.85. The molecule has 0 heterocycles. The van der Waals surface area contributed by atoms with Crippen molar-refractivity contribution in [3.63, 3.8) is 0 Å². The van der Waals surface area contributed by atoms with Gasteiger partial charge in [0.25, 0.3) is 0 Å². The van der Waals surface area contributed by atoms with E-state index in [1.54, 1.807) is 0 Å². The largest absolute Gasteiger partial charge is 0.444 e. The SMILES string of the molecule is CC(C)(C)OC(=O)NCCCc1cccc(C#Cc2ccccc2)c1. The first-order valence-electron chi connectivity index (χ1n) is 8.55. The molecule has 2 aromatic carbocycles. The monoisotopic (exact) mass is 335 g/mol. The Hall–Kier alpha value is -2.73. The maximum Gasteiger partial charge on any atom is 0.407 e. The molecule has 0 atom stereocenters. The van der Waals surface area contributed by atoms with Gasteiger partial charge in [-0.05, 0) is 63.4 Å². The van der Waals surface area contributed by atoms with Gasteiger partial charge in [-0.15, -0.1) is 0 Å². The molecular formula is C22H25NO2. The molecule has 0 aromatic heterocycles. The first-order valence-corrected chi connectivity index (χ1v) is 8.55. The molecule has 0 saturated heterocycles. The van der Waals surface area contributed by atoms with Gasteiger partial charge in [-0.3, -0.25) is 0 Å². The lowest BCUT2D eigenvalue weighted by Gasteiger charge is -2.19. The smallest absolute Gasteiger partial charge is 0.407 e. The van der Waals surface area contributed by atoms with Crippen LogP contribution in [0.15, 0.2) is 54.6 Å². The fourth-order valence-corrected chi connectivity index (χ4v) is 2.27. The van der Waals surface area contributed by atoms with Gasteiger partial charge in [0.1, 0.15) is 5.60 Å². The van der Waals surface area contributed by atoms with Crippen molar-refractivity contribution >= 4 is 6.09 Å². The summed E-state index contributed by atoms with van der Waals surface area (Å²) in [5.41, 5.74) is 2.76. The normalized spacial score (nSPS) is 10.5. The van der Waals surface area contributed by atoms with Gasteiger partial charge in [-0.2, -0.15) is 0 Å². The molecule has 0 spiro atoms. The van der Waals surface area contributed by atoms with E-state index in [0.29, 0.717) is 6.54 Å². The van der Waals surface area contributed by atoms with E-state index >= 15 is 0 Å².